The van der Waals surface area contributed by atoms with Crippen LogP contribution in [0.1, 0.15) is 64.7 Å². The van der Waals surface area contributed by atoms with Crippen LogP contribution in [0, 0.1) is 0 Å². The van der Waals surface area contributed by atoms with E-state index in [0.717, 1.165) is 27.6 Å². The topological polar surface area (TPSA) is 128 Å². The first-order chi connectivity index (χ1) is 20.4. The minimum Gasteiger partial charge on any atom is -0.455 e. The summed E-state index contributed by atoms with van der Waals surface area (Å²) < 4.78 is 34.2. The van der Waals surface area contributed by atoms with Crippen LogP contribution >= 0.6 is 11.3 Å². The molecule has 2 aromatic carbocycles. The predicted molar refractivity (Wildman–Crippen MR) is 167 cm³/mol. The number of para-hydroxylation sites is 1. The number of nitrogens with one attached hydrogen (secondary N) is 1. The third-order valence-electron chi connectivity index (χ3n) is 6.80. The zero-order chi connectivity index (χ0) is 30.8. The van der Waals surface area contributed by atoms with Crippen LogP contribution in [0.15, 0.2) is 54.6 Å². The Kier molecular flexibility index (Phi) is 8.81. The number of hydrogen-bond acceptors (Lipinski definition) is 10. The molecule has 1 amide bonds. The minimum absolute atomic E-state index is 0.000882. The minimum atomic E-state index is -3.55. The SMILES string of the molecule is CC(C)(C)OC(=O)c1nc(N2CCc3cccc(C(=O)Nc4nc5ccccc5s4)c3C2)ccc1CCCOS(C)(=O)=O. The van der Waals surface area contributed by atoms with Gasteiger partial charge in [0.15, 0.2) is 10.8 Å². The second-order valence-corrected chi connectivity index (χ2v) is 14.0. The standard InChI is InChI=1S/C31H34N4O6S2/c1-31(2,3)41-29(37)27-21(10-8-18-40-43(4,38)39)14-15-26(33-27)35-17-16-20-9-7-11-22(23(20)19-35)28(36)34-30-32-24-12-5-6-13-25(24)42-30/h5-7,9,11-15H,8,10,16-19H2,1-4H3,(H,32,34,36). The summed E-state index contributed by atoms with van der Waals surface area (Å²) in [4.78, 5) is 37.9. The van der Waals surface area contributed by atoms with Crippen LogP contribution < -0.4 is 10.2 Å². The molecule has 2 aromatic heterocycles. The van der Waals surface area contributed by atoms with Crippen molar-refractivity contribution in [3.05, 3.63) is 82.5 Å². The molecular formula is C31H34N4O6S2. The molecule has 43 heavy (non-hydrogen) atoms. The number of carbonyl (C=O) groups is 2. The summed E-state index contributed by atoms with van der Waals surface area (Å²) >= 11 is 1.43. The van der Waals surface area contributed by atoms with Gasteiger partial charge in [0.05, 0.1) is 23.1 Å². The Morgan fingerprint density at radius 3 is 2.58 bits per heavy atom. The summed E-state index contributed by atoms with van der Waals surface area (Å²) in [6, 6.07) is 17.1. The largest absolute Gasteiger partial charge is 0.455 e. The number of hydrogen-bond donors (Lipinski definition) is 1. The smallest absolute Gasteiger partial charge is 0.357 e. The highest BCUT2D eigenvalue weighted by Gasteiger charge is 2.26. The maximum absolute atomic E-state index is 13.4. The first-order valence-electron chi connectivity index (χ1n) is 14.0. The molecule has 3 heterocycles. The van der Waals surface area contributed by atoms with E-state index in [1.807, 2.05) is 59.5 Å². The molecule has 1 aliphatic rings. The number of fused-ring (bicyclic) bond motifs is 2. The molecule has 1 aliphatic heterocycles. The number of amides is 1. The predicted octanol–water partition coefficient (Wildman–Crippen LogP) is 5.37. The van der Waals surface area contributed by atoms with Gasteiger partial charge < -0.3 is 9.64 Å². The molecule has 0 radical (unpaired) electrons. The van der Waals surface area contributed by atoms with E-state index in [9.17, 15) is 18.0 Å². The van der Waals surface area contributed by atoms with Crippen LogP contribution in [-0.4, -0.2) is 55.3 Å². The van der Waals surface area contributed by atoms with E-state index in [1.165, 1.54) is 11.3 Å². The van der Waals surface area contributed by atoms with Gasteiger partial charge in [-0.2, -0.15) is 8.42 Å². The van der Waals surface area contributed by atoms with E-state index < -0.39 is 21.7 Å². The van der Waals surface area contributed by atoms with Crippen molar-refractivity contribution in [1.82, 2.24) is 9.97 Å². The van der Waals surface area contributed by atoms with Gasteiger partial charge in [-0.1, -0.05) is 41.7 Å². The zero-order valence-electron chi connectivity index (χ0n) is 24.5. The summed E-state index contributed by atoms with van der Waals surface area (Å²) in [5.74, 6) is -0.197. The molecule has 0 saturated heterocycles. The van der Waals surface area contributed by atoms with Crippen LogP contribution in [0.5, 0.6) is 0 Å². The number of ether oxygens (including phenoxy) is 1. The quantitative estimate of drug-likeness (QED) is 0.149. The normalized spacial score (nSPS) is 13.5. The highest BCUT2D eigenvalue weighted by Crippen LogP contribution is 2.30. The lowest BCUT2D eigenvalue weighted by atomic mass is 9.94. The first-order valence-corrected chi connectivity index (χ1v) is 16.6. The molecule has 0 spiro atoms. The van der Waals surface area contributed by atoms with Crippen LogP contribution in [0.4, 0.5) is 10.9 Å². The number of nitrogens with zero attached hydrogens (tertiary/aromatic N) is 3. The summed E-state index contributed by atoms with van der Waals surface area (Å²) in [6.07, 6.45) is 2.47. The van der Waals surface area contributed by atoms with Crippen LogP contribution in [0.3, 0.4) is 0 Å². The Balaban J connectivity index is 1.38. The number of carbonyl (C=O) groups excluding carboxylic acids is 2. The van der Waals surface area contributed by atoms with Crippen molar-refractivity contribution in [3.8, 4) is 0 Å². The summed E-state index contributed by atoms with van der Waals surface area (Å²) in [6.45, 7) is 6.45. The highest BCUT2D eigenvalue weighted by molar-refractivity contribution is 7.85. The number of esters is 1. The number of benzene rings is 2. The fraction of sp³-hybridized carbons (Fsp3) is 0.355. The van der Waals surface area contributed by atoms with E-state index in [1.54, 1.807) is 20.8 Å². The maximum Gasteiger partial charge on any atom is 0.357 e. The molecular weight excluding hydrogens is 588 g/mol. The van der Waals surface area contributed by atoms with Crippen molar-refractivity contribution in [1.29, 1.82) is 0 Å². The van der Waals surface area contributed by atoms with Gasteiger partial charge in [0.1, 0.15) is 11.4 Å². The third-order valence-corrected chi connectivity index (χ3v) is 8.35. The molecule has 0 saturated carbocycles. The second-order valence-electron chi connectivity index (χ2n) is 11.4. The van der Waals surface area contributed by atoms with Gasteiger partial charge >= 0.3 is 5.97 Å². The number of aromatic nitrogens is 2. The van der Waals surface area contributed by atoms with E-state index in [2.05, 4.69) is 10.3 Å². The number of rotatable bonds is 9. The van der Waals surface area contributed by atoms with Gasteiger partial charge in [-0.3, -0.25) is 14.3 Å². The molecule has 4 aromatic rings. The lowest BCUT2D eigenvalue weighted by Gasteiger charge is -2.31. The van der Waals surface area contributed by atoms with Crippen LogP contribution in [-0.2, 0) is 38.4 Å². The van der Waals surface area contributed by atoms with Crippen LogP contribution in [0.2, 0.25) is 0 Å². The number of pyridine rings is 1. The molecule has 1 N–H and O–H groups in total. The van der Waals surface area contributed by atoms with Crippen molar-refractivity contribution < 1.29 is 26.9 Å². The average molecular weight is 623 g/mol. The van der Waals surface area contributed by atoms with E-state index in [0.29, 0.717) is 54.4 Å². The average Bonchev–Trinajstić information content (AvgIpc) is 3.35. The molecule has 0 fully saturated rings. The summed E-state index contributed by atoms with van der Waals surface area (Å²) in [5, 5.41) is 3.50. The fourth-order valence-electron chi connectivity index (χ4n) is 4.91. The Bertz CT molecular complexity index is 1750. The molecule has 5 rings (SSSR count). The van der Waals surface area contributed by atoms with Crippen molar-refractivity contribution in [2.45, 2.75) is 52.2 Å². The van der Waals surface area contributed by atoms with Crippen molar-refractivity contribution >= 4 is 54.5 Å². The number of thiazole rings is 1. The van der Waals surface area contributed by atoms with Crippen molar-refractivity contribution in [2.75, 3.05) is 29.6 Å². The lowest BCUT2D eigenvalue weighted by Crippen LogP contribution is -2.33. The lowest BCUT2D eigenvalue weighted by molar-refractivity contribution is 0.00613. The Hall–Kier alpha value is -3.87. The van der Waals surface area contributed by atoms with Crippen molar-refractivity contribution in [3.63, 3.8) is 0 Å². The van der Waals surface area contributed by atoms with Gasteiger partial charge in [-0.15, -0.1) is 0 Å². The molecule has 226 valence electrons. The number of anilines is 2. The molecule has 10 nitrogen and oxygen atoms in total. The Morgan fingerprint density at radius 1 is 1.05 bits per heavy atom. The number of aryl methyl sites for hydroxylation is 1. The van der Waals surface area contributed by atoms with Crippen LogP contribution in [0.25, 0.3) is 10.2 Å². The molecule has 0 bridgehead atoms. The molecule has 12 heteroatoms. The van der Waals surface area contributed by atoms with E-state index in [-0.39, 0.29) is 18.2 Å². The second kappa shape index (κ2) is 12.4. The van der Waals surface area contributed by atoms with Gasteiger partial charge in [-0.05, 0) is 81.0 Å². The maximum atomic E-state index is 13.4. The van der Waals surface area contributed by atoms with Gasteiger partial charge in [0.25, 0.3) is 16.0 Å². The molecule has 0 aliphatic carbocycles. The first kappa shape index (κ1) is 30.6. The van der Waals surface area contributed by atoms with Gasteiger partial charge in [-0.25, -0.2) is 14.8 Å². The van der Waals surface area contributed by atoms with Gasteiger partial charge in [0.2, 0.25) is 0 Å². The summed E-state index contributed by atoms with van der Waals surface area (Å²) in [7, 11) is -3.55. The van der Waals surface area contributed by atoms with E-state index in [4.69, 9.17) is 13.9 Å². The highest BCUT2D eigenvalue weighted by atomic mass is 32.2. The zero-order valence-corrected chi connectivity index (χ0v) is 26.2. The van der Waals surface area contributed by atoms with Crippen molar-refractivity contribution in [2.24, 2.45) is 0 Å². The molecule has 0 atom stereocenters. The monoisotopic (exact) mass is 622 g/mol. The summed E-state index contributed by atoms with van der Waals surface area (Å²) in [5.41, 5.74) is 3.49. The van der Waals surface area contributed by atoms with Gasteiger partial charge in [0, 0.05) is 18.7 Å². The molecule has 0 unspecified atom stereocenters. The van der Waals surface area contributed by atoms with E-state index >= 15 is 0 Å². The fourth-order valence-corrected chi connectivity index (χ4v) is 6.19. The Morgan fingerprint density at radius 2 is 1.84 bits per heavy atom. The third kappa shape index (κ3) is 7.75. The Labute approximate surface area is 255 Å².